The molecular weight excluding hydrogens is 210 g/mol. The summed E-state index contributed by atoms with van der Waals surface area (Å²) in [5.74, 6) is 0.749. The minimum Gasteiger partial charge on any atom is -0.374 e. The highest BCUT2D eigenvalue weighted by atomic mass is 35.5. The van der Waals surface area contributed by atoms with E-state index in [1.165, 1.54) is 32.1 Å². The van der Waals surface area contributed by atoms with Crippen LogP contribution in [0, 0.1) is 0 Å². The summed E-state index contributed by atoms with van der Waals surface area (Å²) in [5.41, 5.74) is 0. The van der Waals surface area contributed by atoms with Crippen molar-refractivity contribution in [3.63, 3.8) is 0 Å². The number of ether oxygens (including phenoxy) is 1. The maximum Gasteiger partial charge on any atom is 0.0706 e. The monoisotopic (exact) mass is 231 g/mol. The van der Waals surface area contributed by atoms with E-state index < -0.39 is 0 Å². The van der Waals surface area contributed by atoms with E-state index in [1.807, 2.05) is 0 Å². The average molecular weight is 232 g/mol. The molecule has 0 radical (unpaired) electrons. The Morgan fingerprint density at radius 1 is 1.27 bits per heavy atom. The summed E-state index contributed by atoms with van der Waals surface area (Å²) in [4.78, 5) is 2.54. The largest absolute Gasteiger partial charge is 0.374 e. The van der Waals surface area contributed by atoms with Crippen LogP contribution < -0.4 is 0 Å². The third kappa shape index (κ3) is 3.08. The van der Waals surface area contributed by atoms with Gasteiger partial charge in [-0.3, -0.25) is 4.90 Å². The number of hydrogen-bond donors (Lipinski definition) is 0. The van der Waals surface area contributed by atoms with E-state index in [4.69, 9.17) is 16.3 Å². The Labute approximate surface area is 97.9 Å². The number of alkyl halides is 1. The summed E-state index contributed by atoms with van der Waals surface area (Å²) in [6, 6.07) is 0.795. The summed E-state index contributed by atoms with van der Waals surface area (Å²) in [6.07, 6.45) is 7.50. The van der Waals surface area contributed by atoms with Crippen molar-refractivity contribution in [2.75, 3.05) is 19.0 Å². The third-order valence-corrected chi connectivity index (χ3v) is 3.89. The van der Waals surface area contributed by atoms with E-state index >= 15 is 0 Å². The Bertz CT molecular complexity index is 196. The Hall–Kier alpha value is 0.210. The van der Waals surface area contributed by atoms with E-state index in [2.05, 4.69) is 11.8 Å². The van der Waals surface area contributed by atoms with E-state index in [1.54, 1.807) is 0 Å². The predicted molar refractivity (Wildman–Crippen MR) is 63.5 cm³/mol. The molecule has 0 aromatic heterocycles. The van der Waals surface area contributed by atoms with Gasteiger partial charge < -0.3 is 4.74 Å². The summed E-state index contributed by atoms with van der Waals surface area (Å²) in [7, 11) is 0. The molecule has 0 amide bonds. The van der Waals surface area contributed by atoms with Gasteiger partial charge in [0, 0.05) is 25.0 Å². The van der Waals surface area contributed by atoms with Crippen molar-refractivity contribution in [3.8, 4) is 0 Å². The van der Waals surface area contributed by atoms with Gasteiger partial charge in [0.1, 0.15) is 0 Å². The molecule has 1 saturated carbocycles. The van der Waals surface area contributed by atoms with Crippen LogP contribution in [0.25, 0.3) is 0 Å². The molecule has 15 heavy (non-hydrogen) atoms. The van der Waals surface area contributed by atoms with Gasteiger partial charge in [-0.15, -0.1) is 11.6 Å². The molecule has 2 fully saturated rings. The normalized spacial score (nSPS) is 32.2. The maximum absolute atomic E-state index is 5.87. The smallest absolute Gasteiger partial charge is 0.0706 e. The zero-order chi connectivity index (χ0) is 10.7. The lowest BCUT2D eigenvalue weighted by Gasteiger charge is -2.38. The van der Waals surface area contributed by atoms with Crippen molar-refractivity contribution in [1.29, 1.82) is 0 Å². The average Bonchev–Trinajstić information content (AvgIpc) is 2.48. The number of rotatable bonds is 5. The lowest BCUT2D eigenvalue weighted by molar-refractivity contribution is 0.0123. The van der Waals surface area contributed by atoms with Gasteiger partial charge in [0.25, 0.3) is 0 Å². The van der Waals surface area contributed by atoms with Gasteiger partial charge in [-0.05, 0) is 32.6 Å². The Morgan fingerprint density at radius 2 is 2.07 bits per heavy atom. The molecule has 0 aromatic carbocycles. The van der Waals surface area contributed by atoms with Crippen molar-refractivity contribution in [2.45, 2.75) is 57.3 Å². The fourth-order valence-corrected chi connectivity index (χ4v) is 2.78. The topological polar surface area (TPSA) is 12.5 Å². The molecule has 88 valence electrons. The number of nitrogens with zero attached hydrogens (tertiary/aromatic N) is 1. The predicted octanol–water partition coefficient (Wildman–Crippen LogP) is 2.65. The first-order chi connectivity index (χ1) is 7.29. The van der Waals surface area contributed by atoms with Gasteiger partial charge in [-0.1, -0.05) is 6.42 Å². The van der Waals surface area contributed by atoms with Crippen molar-refractivity contribution in [1.82, 2.24) is 4.90 Å². The second-order valence-corrected chi connectivity index (χ2v) is 5.29. The first kappa shape index (κ1) is 11.7. The second-order valence-electron chi connectivity index (χ2n) is 4.91. The van der Waals surface area contributed by atoms with Crippen LogP contribution in [0.4, 0.5) is 0 Å². The van der Waals surface area contributed by atoms with Gasteiger partial charge in [-0.25, -0.2) is 0 Å². The minimum atomic E-state index is 0.462. The fraction of sp³-hybridized carbons (Fsp3) is 1.00. The Morgan fingerprint density at radius 3 is 2.53 bits per heavy atom. The van der Waals surface area contributed by atoms with Crippen LogP contribution in [0.1, 0.15) is 39.0 Å². The van der Waals surface area contributed by atoms with E-state index in [9.17, 15) is 0 Å². The lowest BCUT2D eigenvalue weighted by atomic mass is 9.91. The molecule has 2 nitrogen and oxygen atoms in total. The van der Waals surface area contributed by atoms with Crippen LogP contribution in [0.2, 0.25) is 0 Å². The standard InChI is InChI=1S/C12H22ClNO/c1-10-5-6-12(15-10)9-14(8-7-13)11-3-2-4-11/h10-12H,2-9H2,1H3. The van der Waals surface area contributed by atoms with E-state index in [-0.39, 0.29) is 0 Å². The molecule has 0 bridgehead atoms. The molecule has 1 heterocycles. The summed E-state index contributed by atoms with van der Waals surface area (Å²) < 4.78 is 5.87. The van der Waals surface area contributed by atoms with Gasteiger partial charge in [-0.2, -0.15) is 0 Å². The molecule has 0 aromatic rings. The fourth-order valence-electron chi connectivity index (χ4n) is 2.56. The molecule has 1 saturated heterocycles. The number of hydrogen-bond acceptors (Lipinski definition) is 2. The molecule has 2 rings (SSSR count). The highest BCUT2D eigenvalue weighted by molar-refractivity contribution is 6.18. The van der Waals surface area contributed by atoms with Crippen LogP contribution in [0.3, 0.4) is 0 Å². The quantitative estimate of drug-likeness (QED) is 0.675. The molecule has 2 aliphatic rings. The molecule has 3 heteroatoms. The maximum atomic E-state index is 5.87. The van der Waals surface area contributed by atoms with Crippen LogP contribution in [0.15, 0.2) is 0 Å². The zero-order valence-corrected chi connectivity index (χ0v) is 10.4. The molecule has 0 N–H and O–H groups in total. The lowest BCUT2D eigenvalue weighted by Crippen LogP contribution is -2.45. The zero-order valence-electron chi connectivity index (χ0n) is 9.62. The van der Waals surface area contributed by atoms with Crippen molar-refractivity contribution in [2.24, 2.45) is 0 Å². The summed E-state index contributed by atoms with van der Waals surface area (Å²) in [6.45, 7) is 4.30. The third-order valence-electron chi connectivity index (χ3n) is 3.72. The highest BCUT2D eigenvalue weighted by Crippen LogP contribution is 2.27. The van der Waals surface area contributed by atoms with E-state index in [0.29, 0.717) is 12.2 Å². The molecule has 1 aliphatic carbocycles. The minimum absolute atomic E-state index is 0.462. The van der Waals surface area contributed by atoms with Gasteiger partial charge in [0.15, 0.2) is 0 Å². The first-order valence-corrected chi connectivity index (χ1v) is 6.78. The summed E-state index contributed by atoms with van der Waals surface area (Å²) in [5, 5.41) is 0. The van der Waals surface area contributed by atoms with Crippen LogP contribution in [-0.4, -0.2) is 42.1 Å². The summed E-state index contributed by atoms with van der Waals surface area (Å²) >= 11 is 5.85. The van der Waals surface area contributed by atoms with Crippen molar-refractivity contribution in [3.05, 3.63) is 0 Å². The highest BCUT2D eigenvalue weighted by Gasteiger charge is 2.29. The van der Waals surface area contributed by atoms with E-state index in [0.717, 1.165) is 25.0 Å². The SMILES string of the molecule is CC1CCC(CN(CCCl)C2CCC2)O1. The van der Waals surface area contributed by atoms with Crippen molar-refractivity contribution < 1.29 is 4.74 Å². The first-order valence-electron chi connectivity index (χ1n) is 6.25. The Balaban J connectivity index is 1.77. The number of halogens is 1. The Kier molecular flexibility index (Phi) is 4.30. The van der Waals surface area contributed by atoms with Crippen LogP contribution >= 0.6 is 11.6 Å². The van der Waals surface area contributed by atoms with Crippen LogP contribution in [0.5, 0.6) is 0 Å². The molecule has 0 spiro atoms. The molecule has 2 unspecified atom stereocenters. The van der Waals surface area contributed by atoms with Crippen LogP contribution in [-0.2, 0) is 4.74 Å². The molecule has 1 aliphatic heterocycles. The molecule has 2 atom stereocenters. The van der Waals surface area contributed by atoms with Gasteiger partial charge in [0.2, 0.25) is 0 Å². The van der Waals surface area contributed by atoms with Gasteiger partial charge >= 0.3 is 0 Å². The van der Waals surface area contributed by atoms with Gasteiger partial charge in [0.05, 0.1) is 12.2 Å². The van der Waals surface area contributed by atoms with Crippen molar-refractivity contribution >= 4 is 11.6 Å². The second kappa shape index (κ2) is 5.51. The molecular formula is C12H22ClNO.